The number of halogens is 6. The van der Waals surface area contributed by atoms with Gasteiger partial charge in [-0.1, -0.05) is 26.2 Å². The Morgan fingerprint density at radius 3 is 1.55 bits per heavy atom. The molecule has 1 aliphatic heterocycles. The highest BCUT2D eigenvalue weighted by molar-refractivity contribution is 5.98. The number of carbonyl (C=O) groups is 2. The van der Waals surface area contributed by atoms with Crippen LogP contribution in [0.1, 0.15) is 46.5 Å². The van der Waals surface area contributed by atoms with Crippen LogP contribution in [-0.4, -0.2) is 37.5 Å². The molecule has 1 N–H and O–H groups in total. The van der Waals surface area contributed by atoms with Gasteiger partial charge in [-0.05, 0) is 20.3 Å². The zero-order valence-electron chi connectivity index (χ0n) is 16.2. The van der Waals surface area contributed by atoms with Crippen LogP contribution in [0.15, 0.2) is 22.5 Å². The Labute approximate surface area is 164 Å². The van der Waals surface area contributed by atoms with Crippen LogP contribution in [0.4, 0.5) is 26.3 Å². The van der Waals surface area contributed by atoms with Gasteiger partial charge in [0.1, 0.15) is 11.4 Å². The SMILES string of the molecule is CCCCCC1C(C(=O)OCC)=C(C(F)(F)F)NC(C(F)(F)F)=C1C(=O)OCC. The molecule has 29 heavy (non-hydrogen) atoms. The first kappa shape index (κ1) is 24.8. The van der Waals surface area contributed by atoms with Crippen molar-refractivity contribution in [2.24, 2.45) is 5.92 Å². The van der Waals surface area contributed by atoms with Crippen LogP contribution in [0.5, 0.6) is 0 Å². The summed E-state index contributed by atoms with van der Waals surface area (Å²) in [6.45, 7) is 3.89. The first-order chi connectivity index (χ1) is 13.4. The molecule has 1 heterocycles. The highest BCUT2D eigenvalue weighted by Crippen LogP contribution is 2.44. The van der Waals surface area contributed by atoms with Gasteiger partial charge in [0.05, 0.1) is 24.4 Å². The smallest absolute Gasteiger partial charge is 0.431 e. The number of hydrogen-bond acceptors (Lipinski definition) is 5. The summed E-state index contributed by atoms with van der Waals surface area (Å²) < 4.78 is 90.7. The average Bonchev–Trinajstić information content (AvgIpc) is 2.59. The topological polar surface area (TPSA) is 64.6 Å². The van der Waals surface area contributed by atoms with E-state index in [1.807, 2.05) is 0 Å². The van der Waals surface area contributed by atoms with Gasteiger partial charge in [-0.2, -0.15) is 26.3 Å². The molecule has 0 aromatic carbocycles. The molecule has 0 fully saturated rings. The second kappa shape index (κ2) is 10.0. The van der Waals surface area contributed by atoms with E-state index in [1.165, 1.54) is 19.2 Å². The number of esters is 2. The van der Waals surface area contributed by atoms with Crippen LogP contribution in [0.25, 0.3) is 0 Å². The minimum absolute atomic E-state index is 0.198. The van der Waals surface area contributed by atoms with Crippen LogP contribution in [0.3, 0.4) is 0 Å². The molecule has 166 valence electrons. The monoisotopic (exact) mass is 431 g/mol. The van der Waals surface area contributed by atoms with E-state index >= 15 is 0 Å². The summed E-state index contributed by atoms with van der Waals surface area (Å²) in [6.07, 6.45) is -9.58. The number of alkyl halides is 6. The van der Waals surface area contributed by atoms with Gasteiger partial charge in [-0.25, -0.2) is 9.59 Å². The molecule has 0 aromatic heterocycles. The van der Waals surface area contributed by atoms with Crippen LogP contribution in [0, 0.1) is 5.92 Å². The molecule has 11 heteroatoms. The van der Waals surface area contributed by atoms with Crippen molar-refractivity contribution in [3.05, 3.63) is 22.5 Å². The number of unbranched alkanes of at least 4 members (excludes halogenated alkanes) is 2. The summed E-state index contributed by atoms with van der Waals surface area (Å²) >= 11 is 0. The normalized spacial score (nSPS) is 16.0. The van der Waals surface area contributed by atoms with Crippen LogP contribution in [0.2, 0.25) is 0 Å². The predicted octanol–water partition coefficient (Wildman–Crippen LogP) is 4.55. The van der Waals surface area contributed by atoms with Crippen LogP contribution in [-0.2, 0) is 19.1 Å². The first-order valence-corrected chi connectivity index (χ1v) is 9.13. The van der Waals surface area contributed by atoms with Crippen LogP contribution < -0.4 is 5.32 Å². The van der Waals surface area contributed by atoms with Crippen molar-refractivity contribution in [3.63, 3.8) is 0 Å². The van der Waals surface area contributed by atoms with E-state index in [9.17, 15) is 35.9 Å². The number of ether oxygens (including phenoxy) is 2. The summed E-state index contributed by atoms with van der Waals surface area (Å²) in [4.78, 5) is 24.6. The van der Waals surface area contributed by atoms with Crippen molar-refractivity contribution in [1.29, 1.82) is 0 Å². The van der Waals surface area contributed by atoms with Crippen molar-refractivity contribution in [1.82, 2.24) is 5.32 Å². The maximum Gasteiger partial charge on any atom is 0.431 e. The van der Waals surface area contributed by atoms with Gasteiger partial charge in [0.25, 0.3) is 0 Å². The highest BCUT2D eigenvalue weighted by atomic mass is 19.4. The van der Waals surface area contributed by atoms with E-state index in [4.69, 9.17) is 0 Å². The van der Waals surface area contributed by atoms with Gasteiger partial charge in [-0.3, -0.25) is 0 Å². The Morgan fingerprint density at radius 2 is 1.24 bits per heavy atom. The van der Waals surface area contributed by atoms with Gasteiger partial charge in [0.15, 0.2) is 0 Å². The maximum absolute atomic E-state index is 13.6. The zero-order valence-corrected chi connectivity index (χ0v) is 16.2. The van der Waals surface area contributed by atoms with Crippen molar-refractivity contribution >= 4 is 11.9 Å². The van der Waals surface area contributed by atoms with Gasteiger partial charge in [-0.15, -0.1) is 0 Å². The Kier molecular flexibility index (Phi) is 8.58. The van der Waals surface area contributed by atoms with Crippen molar-refractivity contribution < 1.29 is 45.4 Å². The first-order valence-electron chi connectivity index (χ1n) is 9.13. The molecule has 0 saturated carbocycles. The molecule has 0 radical (unpaired) electrons. The molecule has 0 bridgehead atoms. The molecule has 0 unspecified atom stereocenters. The number of nitrogens with one attached hydrogen (secondary N) is 1. The predicted molar refractivity (Wildman–Crippen MR) is 90.2 cm³/mol. The molecule has 1 rings (SSSR count). The van der Waals surface area contributed by atoms with E-state index in [0.29, 0.717) is 12.8 Å². The van der Waals surface area contributed by atoms with Crippen molar-refractivity contribution in [2.75, 3.05) is 13.2 Å². The summed E-state index contributed by atoms with van der Waals surface area (Å²) in [6, 6.07) is 0. The number of dihydropyridines is 1. The molecule has 0 saturated heterocycles. The Hall–Kier alpha value is -2.20. The van der Waals surface area contributed by atoms with E-state index in [0.717, 1.165) is 0 Å². The van der Waals surface area contributed by atoms with E-state index in [2.05, 4.69) is 9.47 Å². The number of rotatable bonds is 8. The largest absolute Gasteiger partial charge is 0.463 e. The molecule has 0 amide bonds. The van der Waals surface area contributed by atoms with Gasteiger partial charge in [0.2, 0.25) is 0 Å². The zero-order chi connectivity index (χ0) is 22.4. The summed E-state index contributed by atoms with van der Waals surface area (Å²) in [5.41, 5.74) is -5.85. The van der Waals surface area contributed by atoms with Crippen molar-refractivity contribution in [2.45, 2.75) is 58.8 Å². The fourth-order valence-electron chi connectivity index (χ4n) is 2.99. The standard InChI is InChI=1S/C18H23F6NO4/c1-4-7-8-9-10-11(15(26)28-5-2)13(17(19,20)21)25-14(18(22,23)24)12(10)16(27)29-6-3/h10,25H,4-9H2,1-3H3. The van der Waals surface area contributed by atoms with Crippen LogP contribution >= 0.6 is 0 Å². The van der Waals surface area contributed by atoms with Gasteiger partial charge in [0, 0.05) is 5.92 Å². The molecule has 0 aliphatic carbocycles. The molecule has 1 aliphatic rings. The van der Waals surface area contributed by atoms with Gasteiger partial charge < -0.3 is 14.8 Å². The van der Waals surface area contributed by atoms with E-state index in [1.54, 1.807) is 6.92 Å². The minimum Gasteiger partial charge on any atom is -0.463 e. The average molecular weight is 431 g/mol. The lowest BCUT2D eigenvalue weighted by atomic mass is 9.81. The van der Waals surface area contributed by atoms with E-state index < -0.39 is 52.7 Å². The molecule has 0 spiro atoms. The molecule has 0 aromatic rings. The second-order valence-corrected chi connectivity index (χ2v) is 6.19. The summed E-state index contributed by atoms with van der Waals surface area (Å²) in [5, 5.41) is 1.24. The second-order valence-electron chi connectivity index (χ2n) is 6.19. The van der Waals surface area contributed by atoms with Gasteiger partial charge >= 0.3 is 24.3 Å². The van der Waals surface area contributed by atoms with E-state index in [-0.39, 0.29) is 26.1 Å². The fraction of sp³-hybridized carbons (Fsp3) is 0.667. The minimum atomic E-state index is -5.30. The molecular formula is C18H23F6NO4. The molecular weight excluding hydrogens is 408 g/mol. The number of carbonyl (C=O) groups excluding carboxylic acids is 2. The number of allylic oxidation sites excluding steroid dienone is 2. The molecule has 0 atom stereocenters. The third-order valence-corrected chi connectivity index (χ3v) is 4.14. The van der Waals surface area contributed by atoms with Crippen molar-refractivity contribution in [3.8, 4) is 0 Å². The maximum atomic E-state index is 13.6. The lowest BCUT2D eigenvalue weighted by Gasteiger charge is -2.33. The Balaban J connectivity index is 3.75. The third kappa shape index (κ3) is 6.14. The third-order valence-electron chi connectivity index (χ3n) is 4.14. The molecule has 5 nitrogen and oxygen atoms in total. The Bertz CT molecular complexity index is 627. The fourth-order valence-corrected chi connectivity index (χ4v) is 2.99. The number of hydrogen-bond donors (Lipinski definition) is 1. The quantitative estimate of drug-likeness (QED) is 0.347. The summed E-state index contributed by atoms with van der Waals surface area (Å²) in [7, 11) is 0. The highest BCUT2D eigenvalue weighted by Gasteiger charge is 2.52. The Morgan fingerprint density at radius 1 is 0.828 bits per heavy atom. The summed E-state index contributed by atoms with van der Waals surface area (Å²) in [5.74, 6) is -4.64. The lowest BCUT2D eigenvalue weighted by Crippen LogP contribution is -2.43. The lowest BCUT2D eigenvalue weighted by molar-refractivity contribution is -0.144.